The van der Waals surface area contributed by atoms with Gasteiger partial charge in [-0.2, -0.15) is 0 Å². The van der Waals surface area contributed by atoms with E-state index in [0.717, 1.165) is 56.3 Å². The van der Waals surface area contributed by atoms with Gasteiger partial charge in [0, 0.05) is 6.42 Å². The summed E-state index contributed by atoms with van der Waals surface area (Å²) in [5.74, 6) is 3.33. The lowest BCUT2D eigenvalue weighted by Crippen LogP contribution is -2.35. The summed E-state index contributed by atoms with van der Waals surface area (Å²) in [6.07, 6.45) is 11.7. The summed E-state index contributed by atoms with van der Waals surface area (Å²) in [6, 6.07) is 0. The van der Waals surface area contributed by atoms with E-state index in [-0.39, 0.29) is 6.10 Å². The predicted molar refractivity (Wildman–Crippen MR) is 80.3 cm³/mol. The van der Waals surface area contributed by atoms with E-state index in [1.165, 1.54) is 24.8 Å². The van der Waals surface area contributed by atoms with Crippen LogP contribution in [0.15, 0.2) is 11.6 Å². The molecule has 0 heterocycles. The number of rotatable bonds is 0. The second-order valence-corrected chi connectivity index (χ2v) is 7.34. The Morgan fingerprint density at radius 1 is 1.00 bits per heavy atom. The van der Waals surface area contributed by atoms with Crippen molar-refractivity contribution in [2.24, 2.45) is 23.7 Å². The van der Waals surface area contributed by atoms with Crippen molar-refractivity contribution in [3.05, 3.63) is 11.6 Å². The zero-order valence-electron chi connectivity index (χ0n) is 12.7. The molecule has 0 aromatic heterocycles. The van der Waals surface area contributed by atoms with Gasteiger partial charge in [-0.25, -0.2) is 0 Å². The van der Waals surface area contributed by atoms with Gasteiger partial charge in [0.2, 0.25) is 0 Å². The third kappa shape index (κ3) is 2.86. The van der Waals surface area contributed by atoms with Gasteiger partial charge in [-0.1, -0.05) is 18.9 Å². The highest BCUT2D eigenvalue weighted by Crippen LogP contribution is 2.49. The molecule has 2 saturated carbocycles. The largest absolute Gasteiger partial charge is 0.393 e. The quantitative estimate of drug-likeness (QED) is 0.729. The van der Waals surface area contributed by atoms with Gasteiger partial charge in [0.25, 0.3) is 0 Å². The number of allylic oxidation sites excluding steroid dienone is 2. The molecule has 1 N–H and O–H groups in total. The molecule has 0 amide bonds. The lowest BCUT2D eigenvalue weighted by Gasteiger charge is -2.44. The lowest BCUT2D eigenvalue weighted by molar-refractivity contribution is -0.115. The van der Waals surface area contributed by atoms with Crippen molar-refractivity contribution >= 4 is 5.78 Å². The molecule has 2 heteroatoms. The number of carbonyl (C=O) groups is 1. The van der Waals surface area contributed by atoms with Crippen molar-refractivity contribution in [2.75, 3.05) is 0 Å². The standard InChI is InChI=1S/C18H28O2/c1-12-5-7-14(19)3-2-4-18-16(12)9-6-13-11-15(20)8-10-17(13)18/h11-12,14,16-19H,2-10H2,1H3/t12?,14-,16+,17+,18?/m1/s1. The van der Waals surface area contributed by atoms with Gasteiger partial charge in [-0.3, -0.25) is 4.79 Å². The molecule has 3 rings (SSSR count). The monoisotopic (exact) mass is 276 g/mol. The van der Waals surface area contributed by atoms with Gasteiger partial charge in [-0.05, 0) is 74.7 Å². The molecule has 0 bridgehead atoms. The van der Waals surface area contributed by atoms with Crippen molar-refractivity contribution < 1.29 is 9.90 Å². The minimum atomic E-state index is -0.0828. The maximum Gasteiger partial charge on any atom is 0.155 e. The number of hydrogen-bond donors (Lipinski definition) is 1. The normalized spacial score (nSPS) is 42.6. The van der Waals surface area contributed by atoms with Crippen LogP contribution >= 0.6 is 0 Å². The zero-order valence-corrected chi connectivity index (χ0v) is 12.7. The molecule has 0 aromatic carbocycles. The first-order valence-electron chi connectivity index (χ1n) is 8.56. The van der Waals surface area contributed by atoms with Crippen LogP contribution in [0.1, 0.15) is 64.7 Å². The van der Waals surface area contributed by atoms with Crippen LogP contribution in [0.4, 0.5) is 0 Å². The Bertz CT molecular complexity index is 398. The van der Waals surface area contributed by atoms with Crippen LogP contribution in [0.5, 0.6) is 0 Å². The topological polar surface area (TPSA) is 37.3 Å². The Labute approximate surface area is 122 Å². The van der Waals surface area contributed by atoms with Crippen molar-refractivity contribution in [3.8, 4) is 0 Å². The summed E-state index contributed by atoms with van der Waals surface area (Å²) in [7, 11) is 0. The van der Waals surface area contributed by atoms with Gasteiger partial charge in [0.1, 0.15) is 0 Å². The molecule has 20 heavy (non-hydrogen) atoms. The molecule has 0 aliphatic heterocycles. The van der Waals surface area contributed by atoms with Crippen molar-refractivity contribution in [1.82, 2.24) is 0 Å². The zero-order chi connectivity index (χ0) is 14.1. The Morgan fingerprint density at radius 3 is 2.70 bits per heavy atom. The van der Waals surface area contributed by atoms with Gasteiger partial charge in [0.05, 0.1) is 6.10 Å². The fraction of sp³-hybridized carbons (Fsp3) is 0.833. The Balaban J connectivity index is 1.81. The molecule has 5 atom stereocenters. The molecule has 0 saturated heterocycles. The molecule has 2 unspecified atom stereocenters. The average Bonchev–Trinajstić information content (AvgIpc) is 2.50. The highest BCUT2D eigenvalue weighted by atomic mass is 16.3. The minimum Gasteiger partial charge on any atom is -0.393 e. The second-order valence-electron chi connectivity index (χ2n) is 7.34. The summed E-state index contributed by atoms with van der Waals surface area (Å²) >= 11 is 0. The van der Waals surface area contributed by atoms with Crippen molar-refractivity contribution in [2.45, 2.75) is 70.8 Å². The smallest absolute Gasteiger partial charge is 0.155 e. The van der Waals surface area contributed by atoms with E-state index in [4.69, 9.17) is 0 Å². The highest BCUT2D eigenvalue weighted by Gasteiger charge is 2.40. The summed E-state index contributed by atoms with van der Waals surface area (Å²) in [4.78, 5) is 11.7. The summed E-state index contributed by atoms with van der Waals surface area (Å²) in [6.45, 7) is 2.39. The van der Waals surface area contributed by atoms with E-state index in [0.29, 0.717) is 11.7 Å². The van der Waals surface area contributed by atoms with Gasteiger partial charge >= 0.3 is 0 Å². The molecule has 3 aliphatic carbocycles. The van der Waals surface area contributed by atoms with E-state index in [9.17, 15) is 9.90 Å². The van der Waals surface area contributed by atoms with Crippen molar-refractivity contribution in [3.63, 3.8) is 0 Å². The number of hydrogen-bond acceptors (Lipinski definition) is 2. The van der Waals surface area contributed by atoms with Crippen LogP contribution < -0.4 is 0 Å². The van der Waals surface area contributed by atoms with Crippen LogP contribution in [0.25, 0.3) is 0 Å². The Morgan fingerprint density at radius 2 is 1.85 bits per heavy atom. The van der Waals surface area contributed by atoms with Gasteiger partial charge in [-0.15, -0.1) is 0 Å². The van der Waals surface area contributed by atoms with Crippen LogP contribution in [-0.4, -0.2) is 17.0 Å². The van der Waals surface area contributed by atoms with Crippen LogP contribution in [-0.2, 0) is 4.79 Å². The van der Waals surface area contributed by atoms with Crippen LogP contribution in [0.3, 0.4) is 0 Å². The molecule has 2 nitrogen and oxygen atoms in total. The molecule has 112 valence electrons. The maximum atomic E-state index is 11.7. The van der Waals surface area contributed by atoms with Gasteiger partial charge in [0.15, 0.2) is 5.78 Å². The number of carbonyl (C=O) groups excluding carboxylic acids is 1. The van der Waals surface area contributed by atoms with E-state index < -0.39 is 0 Å². The first-order valence-corrected chi connectivity index (χ1v) is 8.56. The Hall–Kier alpha value is -0.630. The van der Waals surface area contributed by atoms with Crippen molar-refractivity contribution in [1.29, 1.82) is 0 Å². The maximum absolute atomic E-state index is 11.7. The van der Waals surface area contributed by atoms with E-state index in [1.807, 2.05) is 6.08 Å². The molecular weight excluding hydrogens is 248 g/mol. The number of ketones is 1. The minimum absolute atomic E-state index is 0.0828. The molecule has 2 fully saturated rings. The highest BCUT2D eigenvalue weighted by molar-refractivity contribution is 5.91. The molecular formula is C18H28O2. The van der Waals surface area contributed by atoms with E-state index >= 15 is 0 Å². The lowest BCUT2D eigenvalue weighted by atomic mass is 9.61. The fourth-order valence-electron chi connectivity index (χ4n) is 4.99. The fourth-order valence-corrected chi connectivity index (χ4v) is 4.99. The summed E-state index contributed by atoms with van der Waals surface area (Å²) in [5, 5.41) is 10.0. The van der Waals surface area contributed by atoms with E-state index in [2.05, 4.69) is 6.92 Å². The van der Waals surface area contributed by atoms with Crippen LogP contribution in [0.2, 0.25) is 0 Å². The second kappa shape index (κ2) is 6.01. The predicted octanol–water partition coefficient (Wildman–Crippen LogP) is 3.88. The molecule has 3 aliphatic rings. The third-order valence-electron chi connectivity index (χ3n) is 6.12. The SMILES string of the molecule is CC1CC[C@H](O)CCCC2[C@H]1CCC1=CC(=O)CC[C@@H]12. The number of fused-ring (bicyclic) bond motifs is 3. The summed E-state index contributed by atoms with van der Waals surface area (Å²) < 4.78 is 0. The number of aliphatic hydroxyl groups is 1. The average molecular weight is 276 g/mol. The molecule has 0 radical (unpaired) electrons. The first kappa shape index (κ1) is 14.3. The molecule has 0 spiro atoms. The molecule has 0 aromatic rings. The van der Waals surface area contributed by atoms with E-state index in [1.54, 1.807) is 0 Å². The summed E-state index contributed by atoms with van der Waals surface area (Å²) in [5.41, 5.74) is 1.45. The Kier molecular flexibility index (Phi) is 4.30. The van der Waals surface area contributed by atoms with Gasteiger partial charge < -0.3 is 5.11 Å². The third-order valence-corrected chi connectivity index (χ3v) is 6.12. The number of aliphatic hydroxyl groups excluding tert-OH is 1. The first-order chi connectivity index (χ1) is 9.65. The van der Waals surface area contributed by atoms with Crippen LogP contribution in [0, 0.1) is 23.7 Å².